The SMILES string of the molecule is COc1ccc(CC(=O)C[C@@H]2CCN(C)[C@@H](c3nc4ccc(C(F)(F)F)cc4[nH]3)C2)cn1. The molecule has 3 heterocycles. The largest absolute Gasteiger partial charge is 0.481 e. The number of methoxy groups -OCH3 is 1. The number of ketones is 1. The van der Waals surface area contributed by atoms with Gasteiger partial charge in [0, 0.05) is 25.1 Å². The summed E-state index contributed by atoms with van der Waals surface area (Å²) in [5.74, 6) is 1.48. The highest BCUT2D eigenvalue weighted by Gasteiger charge is 2.32. The van der Waals surface area contributed by atoms with Gasteiger partial charge < -0.3 is 9.72 Å². The Morgan fingerprint density at radius 2 is 2.09 bits per heavy atom. The maximum atomic E-state index is 13.0. The van der Waals surface area contributed by atoms with E-state index in [0.717, 1.165) is 37.1 Å². The van der Waals surface area contributed by atoms with Gasteiger partial charge in [-0.25, -0.2) is 9.97 Å². The summed E-state index contributed by atoms with van der Waals surface area (Å²) in [7, 11) is 3.51. The molecule has 1 aliphatic rings. The second-order valence-corrected chi connectivity index (χ2v) is 8.37. The van der Waals surface area contributed by atoms with Gasteiger partial charge >= 0.3 is 6.18 Å². The summed E-state index contributed by atoms with van der Waals surface area (Å²) in [6.07, 6.45) is -0.371. The van der Waals surface area contributed by atoms with Gasteiger partial charge in [0.15, 0.2) is 0 Å². The van der Waals surface area contributed by atoms with Gasteiger partial charge in [-0.2, -0.15) is 13.2 Å². The standard InChI is InChI=1S/C23H25F3N4O2/c1-30-8-7-14(9-17(31)10-15-3-6-21(32-2)27-13-15)11-20(30)22-28-18-5-4-16(23(24,25)26)12-19(18)29-22/h3-6,12-14,20H,7-11H2,1-2H3,(H,28,29)/t14-,20+/m0/s1. The van der Waals surface area contributed by atoms with E-state index < -0.39 is 11.7 Å². The maximum Gasteiger partial charge on any atom is 0.416 e. The number of imidazole rings is 1. The summed E-state index contributed by atoms with van der Waals surface area (Å²) in [4.78, 5) is 26.5. The average molecular weight is 446 g/mol. The molecule has 3 aromatic rings. The first-order valence-corrected chi connectivity index (χ1v) is 10.5. The Balaban J connectivity index is 1.44. The Kier molecular flexibility index (Phi) is 6.19. The van der Waals surface area contributed by atoms with Crippen molar-refractivity contribution >= 4 is 16.8 Å². The highest BCUT2D eigenvalue weighted by Crippen LogP contribution is 2.36. The number of benzene rings is 1. The van der Waals surface area contributed by atoms with Crippen LogP contribution < -0.4 is 4.74 Å². The van der Waals surface area contributed by atoms with Crippen LogP contribution in [0.3, 0.4) is 0 Å². The number of nitrogens with one attached hydrogen (secondary N) is 1. The number of aromatic amines is 1. The van der Waals surface area contributed by atoms with Crippen LogP contribution in [0.4, 0.5) is 13.2 Å². The summed E-state index contributed by atoms with van der Waals surface area (Å²) < 4.78 is 44.1. The summed E-state index contributed by atoms with van der Waals surface area (Å²) >= 11 is 0. The molecule has 1 fully saturated rings. The van der Waals surface area contributed by atoms with E-state index in [2.05, 4.69) is 19.9 Å². The van der Waals surface area contributed by atoms with Gasteiger partial charge in [0.1, 0.15) is 11.6 Å². The van der Waals surface area contributed by atoms with Crippen LogP contribution in [0.5, 0.6) is 5.88 Å². The third kappa shape index (κ3) is 4.93. The number of hydrogen-bond donors (Lipinski definition) is 1. The minimum absolute atomic E-state index is 0.0778. The van der Waals surface area contributed by atoms with Crippen LogP contribution in [0.15, 0.2) is 36.5 Å². The average Bonchev–Trinajstić information content (AvgIpc) is 3.18. The molecule has 0 amide bonds. The molecule has 0 saturated carbocycles. The number of likely N-dealkylation sites (tertiary alicyclic amines) is 1. The molecule has 6 nitrogen and oxygen atoms in total. The summed E-state index contributed by atoms with van der Waals surface area (Å²) in [6.45, 7) is 0.789. The van der Waals surface area contributed by atoms with Crippen LogP contribution in [0.2, 0.25) is 0 Å². The molecule has 0 radical (unpaired) electrons. The zero-order valence-electron chi connectivity index (χ0n) is 17.9. The molecule has 32 heavy (non-hydrogen) atoms. The zero-order chi connectivity index (χ0) is 22.9. The fraction of sp³-hybridized carbons (Fsp3) is 0.435. The van der Waals surface area contributed by atoms with E-state index in [1.165, 1.54) is 6.07 Å². The van der Waals surface area contributed by atoms with Gasteiger partial charge in [-0.3, -0.25) is 9.69 Å². The van der Waals surface area contributed by atoms with Crippen molar-refractivity contribution in [2.75, 3.05) is 20.7 Å². The predicted octanol–water partition coefficient (Wildman–Crippen LogP) is 4.57. The summed E-state index contributed by atoms with van der Waals surface area (Å²) in [5.41, 5.74) is 1.02. The molecule has 1 aliphatic heterocycles. The first kappa shape index (κ1) is 22.3. The number of piperidine rings is 1. The molecule has 0 bridgehead atoms. The van der Waals surface area contributed by atoms with Crippen LogP contribution >= 0.6 is 0 Å². The predicted molar refractivity (Wildman–Crippen MR) is 113 cm³/mol. The minimum Gasteiger partial charge on any atom is -0.481 e. The monoisotopic (exact) mass is 446 g/mol. The highest BCUT2D eigenvalue weighted by molar-refractivity contribution is 5.81. The minimum atomic E-state index is -4.40. The van der Waals surface area contributed by atoms with Gasteiger partial charge in [-0.1, -0.05) is 6.07 Å². The number of pyridine rings is 1. The number of fused-ring (bicyclic) bond motifs is 1. The lowest BCUT2D eigenvalue weighted by Gasteiger charge is -2.35. The molecule has 0 unspecified atom stereocenters. The fourth-order valence-corrected chi connectivity index (χ4v) is 4.28. The van der Waals surface area contributed by atoms with Gasteiger partial charge in [-0.15, -0.1) is 0 Å². The number of Topliss-reactive ketones (excluding diaryl/α,β-unsaturated/α-hetero) is 1. The Hall–Kier alpha value is -2.94. The first-order valence-electron chi connectivity index (χ1n) is 10.5. The number of rotatable bonds is 6. The number of carbonyl (C=O) groups excluding carboxylic acids is 1. The number of nitrogens with zero attached hydrogens (tertiary/aromatic N) is 3. The molecule has 9 heteroatoms. The van der Waals surface area contributed by atoms with Gasteiger partial charge in [-0.05, 0) is 56.1 Å². The molecule has 4 rings (SSSR count). The molecule has 1 N–H and O–H groups in total. The van der Waals surface area contributed by atoms with Crippen molar-refractivity contribution in [3.63, 3.8) is 0 Å². The molecule has 0 aliphatic carbocycles. The van der Waals surface area contributed by atoms with Crippen molar-refractivity contribution in [1.82, 2.24) is 19.9 Å². The Morgan fingerprint density at radius 1 is 1.28 bits per heavy atom. The maximum absolute atomic E-state index is 13.0. The number of halogens is 3. The van der Waals surface area contributed by atoms with Crippen LogP contribution in [-0.4, -0.2) is 46.3 Å². The molecule has 0 spiro atoms. The summed E-state index contributed by atoms with van der Waals surface area (Å²) in [5, 5.41) is 0. The van der Waals surface area contributed by atoms with E-state index in [-0.39, 0.29) is 17.7 Å². The number of ether oxygens (including phenoxy) is 1. The third-order valence-electron chi connectivity index (χ3n) is 6.05. The Labute approximate surface area is 183 Å². The number of carbonyl (C=O) groups is 1. The van der Waals surface area contributed by atoms with Gasteiger partial charge in [0.2, 0.25) is 5.88 Å². The number of alkyl halides is 3. The lowest BCUT2D eigenvalue weighted by atomic mass is 9.86. The topological polar surface area (TPSA) is 71.1 Å². The second kappa shape index (κ2) is 8.90. The lowest BCUT2D eigenvalue weighted by Crippen LogP contribution is -2.35. The molecule has 1 aromatic carbocycles. The fourth-order valence-electron chi connectivity index (χ4n) is 4.28. The molecular weight excluding hydrogens is 421 g/mol. The first-order chi connectivity index (χ1) is 15.2. The van der Waals surface area contributed by atoms with Crippen LogP contribution in [0.25, 0.3) is 11.0 Å². The van der Waals surface area contributed by atoms with Gasteiger partial charge in [0.25, 0.3) is 0 Å². The molecule has 170 valence electrons. The number of hydrogen-bond acceptors (Lipinski definition) is 5. The van der Waals surface area contributed by atoms with Crippen LogP contribution in [0.1, 0.15) is 42.3 Å². The van der Waals surface area contributed by atoms with Crippen LogP contribution in [-0.2, 0) is 17.4 Å². The van der Waals surface area contributed by atoms with Crippen LogP contribution in [0, 0.1) is 5.92 Å². The van der Waals surface area contributed by atoms with Crippen molar-refractivity contribution < 1.29 is 22.7 Å². The second-order valence-electron chi connectivity index (χ2n) is 8.37. The van der Waals surface area contributed by atoms with E-state index in [1.807, 2.05) is 13.1 Å². The van der Waals surface area contributed by atoms with Gasteiger partial charge in [0.05, 0.1) is 29.7 Å². The van der Waals surface area contributed by atoms with E-state index in [9.17, 15) is 18.0 Å². The molecule has 2 atom stereocenters. The van der Waals surface area contributed by atoms with E-state index in [0.29, 0.717) is 35.6 Å². The van der Waals surface area contributed by atoms with E-state index >= 15 is 0 Å². The zero-order valence-corrected chi connectivity index (χ0v) is 17.9. The molecule has 2 aromatic heterocycles. The highest BCUT2D eigenvalue weighted by atomic mass is 19.4. The number of aromatic nitrogens is 3. The third-order valence-corrected chi connectivity index (χ3v) is 6.05. The number of H-pyrrole nitrogens is 1. The van der Waals surface area contributed by atoms with Crippen molar-refractivity contribution in [1.29, 1.82) is 0 Å². The van der Waals surface area contributed by atoms with Crippen molar-refractivity contribution in [2.24, 2.45) is 5.92 Å². The summed E-state index contributed by atoms with van der Waals surface area (Å²) in [6, 6.07) is 7.03. The van der Waals surface area contributed by atoms with E-state index in [4.69, 9.17) is 4.74 Å². The van der Waals surface area contributed by atoms with E-state index in [1.54, 1.807) is 19.4 Å². The smallest absolute Gasteiger partial charge is 0.416 e. The Bertz CT molecular complexity index is 1090. The lowest BCUT2D eigenvalue weighted by molar-refractivity contribution is -0.137. The molecule has 1 saturated heterocycles. The molecular formula is C23H25F3N4O2. The van der Waals surface area contributed by atoms with Crippen molar-refractivity contribution in [3.05, 3.63) is 53.5 Å². The Morgan fingerprint density at radius 3 is 2.78 bits per heavy atom. The quantitative estimate of drug-likeness (QED) is 0.601. The van der Waals surface area contributed by atoms with Crippen molar-refractivity contribution in [2.45, 2.75) is 37.9 Å². The van der Waals surface area contributed by atoms with Crippen molar-refractivity contribution in [3.8, 4) is 5.88 Å². The normalized spacial score (nSPS) is 19.9.